The summed E-state index contributed by atoms with van der Waals surface area (Å²) in [7, 11) is 1.74. The second-order valence-corrected chi connectivity index (χ2v) is 7.21. The minimum absolute atomic E-state index is 0.165. The molecule has 4 rings (SSSR count). The fraction of sp³-hybridized carbons (Fsp3) is 0.381. The largest absolute Gasteiger partial charge is 0.467 e. The first kappa shape index (κ1) is 18.4. The van der Waals surface area contributed by atoms with Crippen molar-refractivity contribution in [1.29, 1.82) is 0 Å². The van der Waals surface area contributed by atoms with Gasteiger partial charge in [-0.15, -0.1) is 5.10 Å². The van der Waals surface area contributed by atoms with E-state index in [2.05, 4.69) is 40.3 Å². The fourth-order valence-electron chi connectivity index (χ4n) is 3.76. The summed E-state index contributed by atoms with van der Waals surface area (Å²) in [6, 6.07) is 9.95. The lowest BCUT2D eigenvalue weighted by Crippen LogP contribution is -2.31. The van der Waals surface area contributed by atoms with Crippen LogP contribution in [0.4, 0.5) is 0 Å². The number of likely N-dealkylation sites (N-methyl/N-ethyl adjacent to an activating group) is 1. The fourth-order valence-corrected chi connectivity index (χ4v) is 3.76. The zero-order valence-electron chi connectivity index (χ0n) is 16.6. The van der Waals surface area contributed by atoms with Gasteiger partial charge in [-0.05, 0) is 49.2 Å². The van der Waals surface area contributed by atoms with Crippen molar-refractivity contribution in [1.82, 2.24) is 24.8 Å². The zero-order valence-corrected chi connectivity index (χ0v) is 16.6. The predicted octanol–water partition coefficient (Wildman–Crippen LogP) is 2.82. The Morgan fingerprint density at radius 1 is 1.29 bits per heavy atom. The topological polar surface area (TPSA) is 67.4 Å². The van der Waals surface area contributed by atoms with E-state index in [1.807, 2.05) is 19.1 Å². The molecule has 1 aliphatic heterocycles. The molecule has 0 radical (unpaired) electrons. The summed E-state index contributed by atoms with van der Waals surface area (Å²) in [4.78, 5) is 16.9. The molecule has 0 aliphatic carbocycles. The number of aromatic nitrogens is 3. The standard InChI is InChI=1S/C21H25N5O2/c1-4-25-11-10-18-16(13-25)7-5-9-19(18)26-15(2)20(22-23-26)21(27)24(3)14-17-8-6-12-28-17/h5-9,12H,4,10-11,13-14H2,1-3H3. The van der Waals surface area contributed by atoms with E-state index < -0.39 is 0 Å². The molecule has 7 nitrogen and oxygen atoms in total. The average Bonchev–Trinajstić information content (AvgIpc) is 3.36. The maximum atomic E-state index is 12.9. The van der Waals surface area contributed by atoms with E-state index in [-0.39, 0.29) is 5.91 Å². The third-order valence-corrected chi connectivity index (χ3v) is 5.41. The van der Waals surface area contributed by atoms with Crippen molar-refractivity contribution in [2.75, 3.05) is 20.1 Å². The SMILES string of the molecule is CCN1CCc2c(cccc2-n2nnc(C(=O)N(C)Cc3ccco3)c2C)C1. The van der Waals surface area contributed by atoms with E-state index in [0.29, 0.717) is 12.2 Å². The Hall–Kier alpha value is -2.93. The number of amides is 1. The van der Waals surface area contributed by atoms with Gasteiger partial charge in [0.15, 0.2) is 5.69 Å². The molecular weight excluding hydrogens is 354 g/mol. The summed E-state index contributed by atoms with van der Waals surface area (Å²) in [5.74, 6) is 0.570. The van der Waals surface area contributed by atoms with Crippen molar-refractivity contribution in [3.8, 4) is 5.69 Å². The van der Waals surface area contributed by atoms with Gasteiger partial charge in [0, 0.05) is 20.1 Å². The Morgan fingerprint density at radius 3 is 2.89 bits per heavy atom. The number of furan rings is 1. The molecule has 2 aromatic heterocycles. The molecule has 1 amide bonds. The molecule has 28 heavy (non-hydrogen) atoms. The molecule has 0 unspecified atom stereocenters. The van der Waals surface area contributed by atoms with Crippen LogP contribution in [0.25, 0.3) is 5.69 Å². The van der Waals surface area contributed by atoms with Crippen LogP contribution in [0.2, 0.25) is 0 Å². The Labute approximate surface area is 164 Å². The smallest absolute Gasteiger partial charge is 0.276 e. The van der Waals surface area contributed by atoms with Crippen LogP contribution in [-0.4, -0.2) is 50.8 Å². The van der Waals surface area contributed by atoms with Crippen LogP contribution in [0.3, 0.4) is 0 Å². The van der Waals surface area contributed by atoms with E-state index >= 15 is 0 Å². The van der Waals surface area contributed by atoms with Crippen molar-refractivity contribution in [3.05, 3.63) is 64.9 Å². The molecule has 0 saturated heterocycles. The maximum Gasteiger partial charge on any atom is 0.276 e. The third kappa shape index (κ3) is 3.33. The molecule has 3 heterocycles. The van der Waals surface area contributed by atoms with Crippen molar-refractivity contribution in [3.63, 3.8) is 0 Å². The molecule has 146 valence electrons. The highest BCUT2D eigenvalue weighted by Gasteiger charge is 2.24. The van der Waals surface area contributed by atoms with Gasteiger partial charge in [-0.25, -0.2) is 4.68 Å². The molecule has 0 N–H and O–H groups in total. The van der Waals surface area contributed by atoms with E-state index in [0.717, 1.165) is 43.2 Å². The lowest BCUT2D eigenvalue weighted by Gasteiger charge is -2.29. The maximum absolute atomic E-state index is 12.9. The molecule has 1 aromatic carbocycles. The molecular formula is C21H25N5O2. The zero-order chi connectivity index (χ0) is 19.7. The van der Waals surface area contributed by atoms with Crippen LogP contribution in [0, 0.1) is 6.92 Å². The summed E-state index contributed by atoms with van der Waals surface area (Å²) in [6.07, 6.45) is 2.58. The minimum atomic E-state index is -0.165. The molecule has 0 atom stereocenters. The van der Waals surface area contributed by atoms with Crippen LogP contribution in [-0.2, 0) is 19.5 Å². The van der Waals surface area contributed by atoms with Crippen LogP contribution >= 0.6 is 0 Å². The van der Waals surface area contributed by atoms with Crippen molar-refractivity contribution in [2.45, 2.75) is 33.4 Å². The van der Waals surface area contributed by atoms with Crippen molar-refractivity contribution < 1.29 is 9.21 Å². The highest BCUT2D eigenvalue weighted by Crippen LogP contribution is 2.26. The highest BCUT2D eigenvalue weighted by molar-refractivity contribution is 5.93. The van der Waals surface area contributed by atoms with E-state index in [4.69, 9.17) is 4.42 Å². The normalized spacial score (nSPS) is 14.1. The number of carbonyl (C=O) groups excluding carboxylic acids is 1. The van der Waals surface area contributed by atoms with Crippen molar-refractivity contribution in [2.24, 2.45) is 0 Å². The summed E-state index contributed by atoms with van der Waals surface area (Å²) in [5, 5.41) is 8.52. The van der Waals surface area contributed by atoms with Gasteiger partial charge in [-0.2, -0.15) is 0 Å². The lowest BCUT2D eigenvalue weighted by atomic mass is 9.97. The van der Waals surface area contributed by atoms with Gasteiger partial charge in [0.1, 0.15) is 5.76 Å². The Bertz CT molecular complexity index is 977. The van der Waals surface area contributed by atoms with Gasteiger partial charge in [-0.3, -0.25) is 9.69 Å². The minimum Gasteiger partial charge on any atom is -0.467 e. The molecule has 0 fully saturated rings. The lowest BCUT2D eigenvalue weighted by molar-refractivity contribution is 0.0769. The van der Waals surface area contributed by atoms with Crippen LogP contribution in [0.1, 0.15) is 40.0 Å². The molecule has 0 bridgehead atoms. The number of carbonyl (C=O) groups is 1. The predicted molar refractivity (Wildman–Crippen MR) is 105 cm³/mol. The summed E-state index contributed by atoms with van der Waals surface area (Å²) < 4.78 is 7.14. The van der Waals surface area contributed by atoms with Crippen LogP contribution < -0.4 is 0 Å². The summed E-state index contributed by atoms with van der Waals surface area (Å²) in [6.45, 7) is 7.51. The number of rotatable bonds is 5. The Balaban J connectivity index is 1.62. The van der Waals surface area contributed by atoms with Gasteiger partial charge in [0.2, 0.25) is 0 Å². The quantitative estimate of drug-likeness (QED) is 0.682. The molecule has 7 heteroatoms. The molecule has 0 saturated carbocycles. The number of hydrogen-bond acceptors (Lipinski definition) is 5. The number of fused-ring (bicyclic) bond motifs is 1. The molecule has 3 aromatic rings. The molecule has 0 spiro atoms. The molecule has 1 aliphatic rings. The van der Waals surface area contributed by atoms with Crippen LogP contribution in [0.5, 0.6) is 0 Å². The number of nitrogens with zero attached hydrogens (tertiary/aromatic N) is 5. The first-order valence-corrected chi connectivity index (χ1v) is 9.62. The van der Waals surface area contributed by atoms with E-state index in [1.165, 1.54) is 11.1 Å². The first-order valence-electron chi connectivity index (χ1n) is 9.62. The van der Waals surface area contributed by atoms with Gasteiger partial charge in [0.05, 0.1) is 24.2 Å². The van der Waals surface area contributed by atoms with E-state index in [9.17, 15) is 4.79 Å². The highest BCUT2D eigenvalue weighted by atomic mass is 16.3. The second-order valence-electron chi connectivity index (χ2n) is 7.21. The average molecular weight is 379 g/mol. The Kier molecular flexibility index (Phi) is 5.00. The van der Waals surface area contributed by atoms with Crippen molar-refractivity contribution >= 4 is 5.91 Å². The van der Waals surface area contributed by atoms with Gasteiger partial charge < -0.3 is 9.32 Å². The number of hydrogen-bond donors (Lipinski definition) is 0. The van der Waals surface area contributed by atoms with Crippen LogP contribution in [0.15, 0.2) is 41.0 Å². The van der Waals surface area contributed by atoms with Gasteiger partial charge in [0.25, 0.3) is 5.91 Å². The Morgan fingerprint density at radius 2 is 2.14 bits per heavy atom. The number of benzene rings is 1. The first-order chi connectivity index (χ1) is 13.6. The second kappa shape index (κ2) is 7.59. The summed E-state index contributed by atoms with van der Waals surface area (Å²) in [5.41, 5.74) is 4.76. The summed E-state index contributed by atoms with van der Waals surface area (Å²) >= 11 is 0. The van der Waals surface area contributed by atoms with Gasteiger partial charge >= 0.3 is 0 Å². The van der Waals surface area contributed by atoms with Gasteiger partial charge in [-0.1, -0.05) is 24.3 Å². The van der Waals surface area contributed by atoms with E-state index in [1.54, 1.807) is 22.9 Å². The monoisotopic (exact) mass is 379 g/mol. The third-order valence-electron chi connectivity index (χ3n) is 5.41.